The summed E-state index contributed by atoms with van der Waals surface area (Å²) in [5, 5.41) is 0. The minimum Gasteiger partial charge on any atom is -0.207 e. The second-order valence-electron chi connectivity index (χ2n) is 4.49. The summed E-state index contributed by atoms with van der Waals surface area (Å²) in [5.74, 6) is -1.39. The average molecular weight is 329 g/mol. The van der Waals surface area contributed by atoms with Crippen LogP contribution in [0, 0.1) is 31.3 Å². The molecule has 0 saturated carbocycles. The lowest BCUT2D eigenvalue weighted by atomic mass is 9.99. The zero-order valence-corrected chi connectivity index (χ0v) is 12.1. The average Bonchev–Trinajstić information content (AvgIpc) is 2.36. The molecule has 0 aromatic heterocycles. The molecule has 4 heteroatoms. The Bertz CT molecular complexity index is 623. The summed E-state index contributed by atoms with van der Waals surface area (Å²) >= 11 is 3.32. The molecule has 2 rings (SSSR count). The van der Waals surface area contributed by atoms with E-state index in [1.165, 1.54) is 19.1 Å². The molecular weight excluding hydrogens is 317 g/mol. The van der Waals surface area contributed by atoms with Gasteiger partial charge in [0.15, 0.2) is 0 Å². The van der Waals surface area contributed by atoms with Gasteiger partial charge in [-0.15, -0.1) is 0 Å². The Hall–Kier alpha value is -1.29. The van der Waals surface area contributed by atoms with E-state index in [9.17, 15) is 13.2 Å². The molecule has 0 aliphatic heterocycles. The molecule has 0 aliphatic carbocycles. The Labute approximate surface area is 118 Å². The van der Waals surface area contributed by atoms with Crippen molar-refractivity contribution in [3.63, 3.8) is 0 Å². The van der Waals surface area contributed by atoms with Gasteiger partial charge in [0.2, 0.25) is 0 Å². The molecule has 0 heterocycles. The standard InChI is InChI=1S/C15H12BrF3/c1-8-3-4-10(17)6-11(8)15(16)12-7-13(18)9(2)5-14(12)19/h3-7,15H,1-2H3. The van der Waals surface area contributed by atoms with Crippen LogP contribution in [0.5, 0.6) is 0 Å². The van der Waals surface area contributed by atoms with E-state index in [0.717, 1.165) is 17.7 Å². The molecule has 0 N–H and O–H groups in total. The van der Waals surface area contributed by atoms with Crippen LogP contribution >= 0.6 is 15.9 Å². The smallest absolute Gasteiger partial charge is 0.128 e. The highest BCUT2D eigenvalue weighted by Gasteiger charge is 2.19. The third kappa shape index (κ3) is 2.84. The summed E-state index contributed by atoms with van der Waals surface area (Å²) in [7, 11) is 0. The SMILES string of the molecule is Cc1cc(F)c(C(Br)c2cc(F)ccc2C)cc1F. The van der Waals surface area contributed by atoms with Crippen molar-refractivity contribution in [1.29, 1.82) is 0 Å². The maximum absolute atomic E-state index is 13.9. The number of hydrogen-bond acceptors (Lipinski definition) is 0. The summed E-state index contributed by atoms with van der Waals surface area (Å²) < 4.78 is 40.7. The van der Waals surface area contributed by atoms with E-state index in [2.05, 4.69) is 15.9 Å². The molecule has 0 radical (unpaired) electrons. The normalized spacial score (nSPS) is 12.5. The largest absolute Gasteiger partial charge is 0.207 e. The van der Waals surface area contributed by atoms with Gasteiger partial charge in [-0.05, 0) is 54.8 Å². The first-order valence-corrected chi connectivity index (χ1v) is 6.67. The fraction of sp³-hybridized carbons (Fsp3) is 0.200. The van der Waals surface area contributed by atoms with E-state index in [0.29, 0.717) is 5.56 Å². The predicted octanol–water partition coefficient (Wildman–Crippen LogP) is 5.21. The van der Waals surface area contributed by atoms with E-state index >= 15 is 0 Å². The molecule has 0 fully saturated rings. The molecule has 0 saturated heterocycles. The highest BCUT2D eigenvalue weighted by molar-refractivity contribution is 9.09. The van der Waals surface area contributed by atoms with Gasteiger partial charge in [-0.2, -0.15) is 0 Å². The summed E-state index contributed by atoms with van der Waals surface area (Å²) in [4.78, 5) is -0.585. The van der Waals surface area contributed by atoms with E-state index in [-0.39, 0.29) is 11.1 Å². The van der Waals surface area contributed by atoms with Crippen molar-refractivity contribution >= 4 is 15.9 Å². The maximum atomic E-state index is 13.9. The maximum Gasteiger partial charge on any atom is 0.128 e. The number of halogens is 4. The first-order valence-electron chi connectivity index (χ1n) is 5.76. The van der Waals surface area contributed by atoms with Crippen molar-refractivity contribution in [2.24, 2.45) is 0 Å². The van der Waals surface area contributed by atoms with Gasteiger partial charge in [0.1, 0.15) is 17.5 Å². The summed E-state index contributed by atoms with van der Waals surface area (Å²) in [6, 6.07) is 6.57. The molecule has 100 valence electrons. The Morgan fingerprint density at radius 1 is 0.842 bits per heavy atom. The monoisotopic (exact) mass is 328 g/mol. The summed E-state index contributed by atoms with van der Waals surface area (Å²) in [5.41, 5.74) is 1.81. The number of aryl methyl sites for hydroxylation is 2. The van der Waals surface area contributed by atoms with Crippen LogP contribution in [0.15, 0.2) is 30.3 Å². The van der Waals surface area contributed by atoms with Crippen LogP contribution in [0.1, 0.15) is 27.1 Å². The lowest BCUT2D eigenvalue weighted by molar-refractivity contribution is 0.580. The van der Waals surface area contributed by atoms with Crippen LogP contribution in [0.3, 0.4) is 0 Å². The van der Waals surface area contributed by atoms with E-state index in [1.807, 2.05) is 0 Å². The Balaban J connectivity index is 2.52. The molecule has 1 unspecified atom stereocenters. The molecule has 1 atom stereocenters. The van der Waals surface area contributed by atoms with Crippen molar-refractivity contribution in [3.05, 3.63) is 70.0 Å². The van der Waals surface area contributed by atoms with Gasteiger partial charge in [-0.3, -0.25) is 0 Å². The fourth-order valence-electron chi connectivity index (χ4n) is 1.91. The van der Waals surface area contributed by atoms with E-state index < -0.39 is 22.3 Å². The van der Waals surface area contributed by atoms with Crippen LogP contribution in [-0.4, -0.2) is 0 Å². The third-order valence-electron chi connectivity index (χ3n) is 3.07. The molecular formula is C15H12BrF3. The van der Waals surface area contributed by atoms with E-state index in [1.54, 1.807) is 13.0 Å². The second-order valence-corrected chi connectivity index (χ2v) is 5.40. The Morgan fingerprint density at radius 3 is 2.21 bits per heavy atom. The van der Waals surface area contributed by atoms with Crippen LogP contribution in [0.2, 0.25) is 0 Å². The highest BCUT2D eigenvalue weighted by atomic mass is 79.9. The minimum atomic E-state index is -0.585. The number of hydrogen-bond donors (Lipinski definition) is 0. The molecule has 0 nitrogen and oxygen atoms in total. The van der Waals surface area contributed by atoms with Crippen molar-refractivity contribution < 1.29 is 13.2 Å². The summed E-state index contributed by atoms with van der Waals surface area (Å²) in [6.07, 6.45) is 0. The first kappa shape index (κ1) is 14.1. The van der Waals surface area contributed by atoms with Gasteiger partial charge < -0.3 is 0 Å². The molecule has 2 aromatic rings. The highest BCUT2D eigenvalue weighted by Crippen LogP contribution is 2.35. The van der Waals surface area contributed by atoms with Crippen LogP contribution in [-0.2, 0) is 0 Å². The van der Waals surface area contributed by atoms with Gasteiger partial charge in [-0.1, -0.05) is 22.0 Å². The lowest BCUT2D eigenvalue weighted by Gasteiger charge is -2.15. The van der Waals surface area contributed by atoms with Crippen LogP contribution in [0.4, 0.5) is 13.2 Å². The van der Waals surface area contributed by atoms with Crippen LogP contribution < -0.4 is 0 Å². The zero-order chi connectivity index (χ0) is 14.2. The Kier molecular flexibility index (Phi) is 3.99. The van der Waals surface area contributed by atoms with Crippen molar-refractivity contribution in [1.82, 2.24) is 0 Å². The molecule has 0 amide bonds. The van der Waals surface area contributed by atoms with Gasteiger partial charge >= 0.3 is 0 Å². The second kappa shape index (κ2) is 5.37. The molecule has 2 aromatic carbocycles. The quantitative estimate of drug-likeness (QED) is 0.664. The van der Waals surface area contributed by atoms with Crippen molar-refractivity contribution in [2.45, 2.75) is 18.7 Å². The molecule has 19 heavy (non-hydrogen) atoms. The lowest BCUT2D eigenvalue weighted by Crippen LogP contribution is -2.01. The topological polar surface area (TPSA) is 0 Å². The number of benzene rings is 2. The fourth-order valence-corrected chi connectivity index (χ4v) is 2.75. The molecule has 0 aliphatic rings. The van der Waals surface area contributed by atoms with Gasteiger partial charge in [-0.25, -0.2) is 13.2 Å². The van der Waals surface area contributed by atoms with Crippen molar-refractivity contribution in [2.75, 3.05) is 0 Å². The number of alkyl halides is 1. The minimum absolute atomic E-state index is 0.164. The van der Waals surface area contributed by atoms with Crippen molar-refractivity contribution in [3.8, 4) is 0 Å². The molecule has 0 bridgehead atoms. The van der Waals surface area contributed by atoms with E-state index in [4.69, 9.17) is 0 Å². The van der Waals surface area contributed by atoms with Gasteiger partial charge in [0, 0.05) is 5.56 Å². The Morgan fingerprint density at radius 2 is 1.53 bits per heavy atom. The third-order valence-corrected chi connectivity index (χ3v) is 4.05. The van der Waals surface area contributed by atoms with Crippen LogP contribution in [0.25, 0.3) is 0 Å². The summed E-state index contributed by atoms with van der Waals surface area (Å²) in [6.45, 7) is 3.30. The zero-order valence-electron chi connectivity index (χ0n) is 10.5. The molecule has 0 spiro atoms. The number of rotatable bonds is 2. The first-order chi connectivity index (χ1) is 8.90. The van der Waals surface area contributed by atoms with Gasteiger partial charge in [0.25, 0.3) is 0 Å². The van der Waals surface area contributed by atoms with Gasteiger partial charge in [0.05, 0.1) is 4.83 Å². The predicted molar refractivity (Wildman–Crippen MR) is 73.0 cm³/mol.